The van der Waals surface area contributed by atoms with Crippen molar-refractivity contribution in [3.63, 3.8) is 0 Å². The molecule has 0 bridgehead atoms. The summed E-state index contributed by atoms with van der Waals surface area (Å²) in [5, 5.41) is 0.555. The summed E-state index contributed by atoms with van der Waals surface area (Å²) in [7, 11) is -1.53. The van der Waals surface area contributed by atoms with Crippen LogP contribution >= 0.6 is 0 Å². The molecule has 0 radical (unpaired) electrons. The minimum atomic E-state index is -4.69. The zero-order valence-corrected chi connectivity index (χ0v) is 12.4. The van der Waals surface area contributed by atoms with Gasteiger partial charge in [0.1, 0.15) is 0 Å². The van der Waals surface area contributed by atoms with E-state index in [9.17, 15) is 26.4 Å². The van der Waals surface area contributed by atoms with E-state index in [0.717, 1.165) is 23.4 Å². The first-order valence-electron chi connectivity index (χ1n) is 5.78. The van der Waals surface area contributed by atoms with Crippen LogP contribution in [0.1, 0.15) is 18.1 Å². The fourth-order valence-electron chi connectivity index (χ4n) is 1.56. The molecule has 0 saturated heterocycles. The van der Waals surface area contributed by atoms with Crippen LogP contribution in [0.4, 0.5) is 13.2 Å². The Morgan fingerprint density at radius 1 is 1.19 bits per heavy atom. The highest BCUT2D eigenvalue weighted by atomic mass is 32.2. The maximum Gasteiger partial charge on any atom is 0.417 e. The van der Waals surface area contributed by atoms with Gasteiger partial charge in [-0.25, -0.2) is 12.7 Å². The quantitative estimate of drug-likeness (QED) is 0.801. The SMILES string of the molecule is CC(=O)C(=CS(=O)(=O)N(C)C)c1ccccc1C(F)(F)F. The van der Waals surface area contributed by atoms with Gasteiger partial charge in [-0.1, -0.05) is 18.2 Å². The molecule has 0 N–H and O–H groups in total. The summed E-state index contributed by atoms with van der Waals surface area (Å²) in [5.74, 6) is -0.767. The molecule has 4 nitrogen and oxygen atoms in total. The van der Waals surface area contributed by atoms with Gasteiger partial charge in [0, 0.05) is 19.7 Å². The first-order chi connectivity index (χ1) is 9.47. The van der Waals surface area contributed by atoms with Gasteiger partial charge in [0.25, 0.3) is 0 Å². The van der Waals surface area contributed by atoms with Gasteiger partial charge < -0.3 is 0 Å². The Kier molecular flexibility index (Phi) is 4.95. The lowest BCUT2D eigenvalue weighted by atomic mass is 9.98. The van der Waals surface area contributed by atoms with Gasteiger partial charge in [-0.2, -0.15) is 13.2 Å². The number of nitrogens with zero attached hydrogens (tertiary/aromatic N) is 1. The van der Waals surface area contributed by atoms with Crippen molar-refractivity contribution in [1.29, 1.82) is 0 Å². The second kappa shape index (κ2) is 5.98. The maximum atomic E-state index is 13.0. The van der Waals surface area contributed by atoms with E-state index in [4.69, 9.17) is 0 Å². The number of hydrogen-bond acceptors (Lipinski definition) is 3. The summed E-state index contributed by atoms with van der Waals surface area (Å²) in [4.78, 5) is 11.6. The van der Waals surface area contributed by atoms with Gasteiger partial charge in [0.05, 0.1) is 11.0 Å². The highest BCUT2D eigenvalue weighted by Gasteiger charge is 2.34. The lowest BCUT2D eigenvalue weighted by Gasteiger charge is -2.15. The van der Waals surface area contributed by atoms with E-state index in [2.05, 4.69) is 0 Å². The molecule has 21 heavy (non-hydrogen) atoms. The Morgan fingerprint density at radius 3 is 2.14 bits per heavy atom. The number of benzene rings is 1. The zero-order chi connectivity index (χ0) is 16.4. The fourth-order valence-corrected chi connectivity index (χ4v) is 2.36. The van der Waals surface area contributed by atoms with Gasteiger partial charge in [-0.15, -0.1) is 0 Å². The van der Waals surface area contributed by atoms with Gasteiger partial charge in [-0.05, 0) is 18.6 Å². The Bertz CT molecular complexity index is 676. The molecule has 0 atom stereocenters. The molecule has 116 valence electrons. The number of alkyl halides is 3. The van der Waals surface area contributed by atoms with Crippen molar-refractivity contribution in [2.75, 3.05) is 14.1 Å². The molecule has 0 saturated carbocycles. The number of allylic oxidation sites excluding steroid dienone is 1. The van der Waals surface area contributed by atoms with Gasteiger partial charge in [-0.3, -0.25) is 4.79 Å². The second-order valence-electron chi connectivity index (χ2n) is 4.46. The topological polar surface area (TPSA) is 54.5 Å². The number of sulfonamides is 1. The van der Waals surface area contributed by atoms with Crippen molar-refractivity contribution in [2.45, 2.75) is 13.1 Å². The van der Waals surface area contributed by atoms with E-state index in [0.29, 0.717) is 5.41 Å². The summed E-state index contributed by atoms with van der Waals surface area (Å²) < 4.78 is 63.3. The molecule has 0 aliphatic carbocycles. The van der Waals surface area contributed by atoms with E-state index >= 15 is 0 Å². The van der Waals surface area contributed by atoms with E-state index in [1.165, 1.54) is 26.2 Å². The molecule has 0 heterocycles. The van der Waals surface area contributed by atoms with E-state index < -0.39 is 38.7 Å². The largest absolute Gasteiger partial charge is 0.417 e. The third-order valence-corrected chi connectivity index (χ3v) is 4.23. The van der Waals surface area contributed by atoms with Crippen molar-refractivity contribution in [3.05, 3.63) is 40.8 Å². The third-order valence-electron chi connectivity index (χ3n) is 2.68. The van der Waals surface area contributed by atoms with Crippen LogP contribution in [0, 0.1) is 0 Å². The number of carbonyl (C=O) groups excluding carboxylic acids is 1. The third kappa shape index (κ3) is 4.15. The van der Waals surface area contributed by atoms with Crippen molar-refractivity contribution < 1.29 is 26.4 Å². The molecule has 0 aromatic heterocycles. The molecule has 0 unspecified atom stereocenters. The summed E-state index contributed by atoms with van der Waals surface area (Å²) >= 11 is 0. The van der Waals surface area contributed by atoms with E-state index in [1.54, 1.807) is 0 Å². The minimum Gasteiger partial charge on any atom is -0.294 e. The average molecular weight is 321 g/mol. The Balaban J connectivity index is 3.61. The zero-order valence-electron chi connectivity index (χ0n) is 11.6. The highest BCUT2D eigenvalue weighted by Crippen LogP contribution is 2.35. The molecular weight excluding hydrogens is 307 g/mol. The number of hydrogen-bond donors (Lipinski definition) is 0. The van der Waals surface area contributed by atoms with Crippen molar-refractivity contribution >= 4 is 21.4 Å². The molecule has 8 heteroatoms. The predicted molar refractivity (Wildman–Crippen MR) is 72.7 cm³/mol. The van der Waals surface area contributed by atoms with Crippen LogP contribution in [-0.2, 0) is 21.0 Å². The molecule has 0 amide bonds. The smallest absolute Gasteiger partial charge is 0.294 e. The normalized spacial score (nSPS) is 13.6. The van der Waals surface area contributed by atoms with Crippen LogP contribution < -0.4 is 0 Å². The van der Waals surface area contributed by atoms with Crippen LogP contribution in [0.25, 0.3) is 5.57 Å². The Hall–Kier alpha value is -1.67. The van der Waals surface area contributed by atoms with Gasteiger partial charge >= 0.3 is 6.18 Å². The molecule has 1 rings (SSSR count). The number of ketones is 1. The summed E-state index contributed by atoms with van der Waals surface area (Å²) in [5.41, 5.74) is -2.01. The first kappa shape index (κ1) is 17.4. The lowest BCUT2D eigenvalue weighted by Crippen LogP contribution is -2.21. The van der Waals surface area contributed by atoms with Crippen molar-refractivity contribution in [1.82, 2.24) is 4.31 Å². The maximum absolute atomic E-state index is 13.0. The molecule has 1 aromatic rings. The lowest BCUT2D eigenvalue weighted by molar-refractivity contribution is -0.137. The number of rotatable bonds is 4. The Labute approximate surface area is 120 Å². The van der Waals surface area contributed by atoms with E-state index in [1.807, 2.05) is 0 Å². The monoisotopic (exact) mass is 321 g/mol. The minimum absolute atomic E-state index is 0.456. The Morgan fingerprint density at radius 2 is 1.71 bits per heavy atom. The molecule has 0 aliphatic heterocycles. The molecule has 1 aromatic carbocycles. The predicted octanol–water partition coefficient (Wildman–Crippen LogP) is 2.53. The molecule has 0 fully saturated rings. The number of halogens is 3. The summed E-state index contributed by atoms with van der Waals surface area (Å²) in [6.45, 7) is 1.02. The van der Waals surface area contributed by atoms with Crippen LogP contribution in [0.2, 0.25) is 0 Å². The van der Waals surface area contributed by atoms with E-state index in [-0.39, 0.29) is 0 Å². The van der Waals surface area contributed by atoms with Gasteiger partial charge in [0.2, 0.25) is 10.0 Å². The standard InChI is InChI=1S/C13H14F3NO3S/c1-9(18)11(8-21(19,20)17(2)3)10-6-4-5-7-12(10)13(14,15)16/h4-8H,1-3H3. The van der Waals surface area contributed by atoms with Crippen molar-refractivity contribution in [2.24, 2.45) is 0 Å². The highest BCUT2D eigenvalue weighted by molar-refractivity contribution is 7.92. The number of Topliss-reactive ketones (excluding diaryl/α,β-unsaturated/α-hetero) is 1. The summed E-state index contributed by atoms with van der Waals surface area (Å²) in [6, 6.07) is 4.35. The summed E-state index contributed by atoms with van der Waals surface area (Å²) in [6.07, 6.45) is -4.69. The van der Waals surface area contributed by atoms with Crippen LogP contribution in [-0.4, -0.2) is 32.6 Å². The molecule has 0 aliphatic rings. The second-order valence-corrected chi connectivity index (χ2v) is 6.45. The fraction of sp³-hybridized carbons (Fsp3) is 0.308. The average Bonchev–Trinajstić information content (AvgIpc) is 2.34. The van der Waals surface area contributed by atoms with Crippen LogP contribution in [0.15, 0.2) is 29.7 Å². The van der Waals surface area contributed by atoms with Crippen LogP contribution in [0.5, 0.6) is 0 Å². The van der Waals surface area contributed by atoms with Crippen molar-refractivity contribution in [3.8, 4) is 0 Å². The number of carbonyl (C=O) groups is 1. The van der Waals surface area contributed by atoms with Crippen LogP contribution in [0.3, 0.4) is 0 Å². The molecular formula is C13H14F3NO3S. The molecule has 0 spiro atoms. The van der Waals surface area contributed by atoms with Gasteiger partial charge in [0.15, 0.2) is 5.78 Å². The first-order valence-corrected chi connectivity index (χ1v) is 7.29.